The minimum Gasteiger partial charge on any atom is -0.481 e. The Morgan fingerprint density at radius 3 is 2.81 bits per heavy atom. The molecule has 9 nitrogen and oxygen atoms in total. The van der Waals surface area contributed by atoms with Crippen molar-refractivity contribution in [1.82, 2.24) is 4.72 Å². The molecular weight excluding hydrogens is 424 g/mol. The number of nitrogens with zero attached hydrogens (tertiary/aromatic N) is 1. The Hall–Kier alpha value is -2.72. The van der Waals surface area contributed by atoms with Crippen LogP contribution in [-0.4, -0.2) is 42.4 Å². The zero-order valence-electron chi connectivity index (χ0n) is 17.0. The molecule has 0 saturated carbocycles. The van der Waals surface area contributed by atoms with E-state index in [9.17, 15) is 23.3 Å². The standard InChI is InChI=1S/C21H26N2O7S/c24-20(25)9-4-2-1-3-8-17-18-10-11-19(30-18)21(17)22-31(28,29)13-12-15-6-5-7-16(14-15)23(26)27/h1,3,5-7,14,18-19,22H,2,4,8-13H2,(H,24,25). The molecule has 1 saturated heterocycles. The van der Waals surface area contributed by atoms with Gasteiger partial charge >= 0.3 is 5.97 Å². The van der Waals surface area contributed by atoms with E-state index in [2.05, 4.69) is 4.72 Å². The zero-order valence-corrected chi connectivity index (χ0v) is 17.8. The summed E-state index contributed by atoms with van der Waals surface area (Å²) in [6.45, 7) is 0. The fourth-order valence-electron chi connectivity index (χ4n) is 3.85. The lowest BCUT2D eigenvalue weighted by molar-refractivity contribution is -0.384. The molecule has 1 fully saturated rings. The molecule has 0 spiro atoms. The second-order valence-electron chi connectivity index (χ2n) is 7.69. The Morgan fingerprint density at radius 2 is 2.06 bits per heavy atom. The second kappa shape index (κ2) is 10.1. The van der Waals surface area contributed by atoms with Gasteiger partial charge in [0.25, 0.3) is 5.69 Å². The molecule has 31 heavy (non-hydrogen) atoms. The Morgan fingerprint density at radius 1 is 1.29 bits per heavy atom. The van der Waals surface area contributed by atoms with Crippen LogP contribution in [0, 0.1) is 10.1 Å². The summed E-state index contributed by atoms with van der Waals surface area (Å²) in [4.78, 5) is 20.9. The van der Waals surface area contributed by atoms with Crippen molar-refractivity contribution in [2.45, 2.75) is 57.2 Å². The second-order valence-corrected chi connectivity index (χ2v) is 9.53. The van der Waals surface area contributed by atoms with Gasteiger partial charge in [0.1, 0.15) is 0 Å². The van der Waals surface area contributed by atoms with E-state index in [-0.39, 0.29) is 36.5 Å². The van der Waals surface area contributed by atoms with Crippen molar-refractivity contribution in [3.8, 4) is 0 Å². The lowest BCUT2D eigenvalue weighted by Gasteiger charge is -2.18. The van der Waals surface area contributed by atoms with Crippen LogP contribution in [0.3, 0.4) is 0 Å². The fourth-order valence-corrected chi connectivity index (χ4v) is 5.06. The Labute approximate surface area is 181 Å². The third kappa shape index (κ3) is 6.38. The topological polar surface area (TPSA) is 136 Å². The summed E-state index contributed by atoms with van der Waals surface area (Å²) >= 11 is 0. The first-order valence-electron chi connectivity index (χ1n) is 10.2. The lowest BCUT2D eigenvalue weighted by atomic mass is 9.94. The maximum absolute atomic E-state index is 12.7. The average Bonchev–Trinajstić information content (AvgIpc) is 3.31. The third-order valence-electron chi connectivity index (χ3n) is 5.39. The number of carboxylic acids is 1. The number of aryl methyl sites for hydroxylation is 1. The van der Waals surface area contributed by atoms with Crippen LogP contribution in [0.1, 0.15) is 44.1 Å². The maximum atomic E-state index is 12.7. The SMILES string of the molecule is O=C(O)CCCC=CCC1=C(NS(=O)(=O)CCc2cccc([N+](=O)[O-])c2)C2CCC1O2. The van der Waals surface area contributed by atoms with E-state index >= 15 is 0 Å². The molecule has 0 aromatic heterocycles. The predicted molar refractivity (Wildman–Crippen MR) is 114 cm³/mol. The number of rotatable bonds is 12. The van der Waals surface area contributed by atoms with Crippen LogP contribution in [0.15, 0.2) is 47.7 Å². The Kier molecular flexibility index (Phi) is 7.45. The van der Waals surface area contributed by atoms with Gasteiger partial charge in [-0.25, -0.2) is 8.42 Å². The Bertz CT molecular complexity index is 1000. The number of non-ortho nitro benzene ring substituents is 1. The number of fused-ring (bicyclic) bond motifs is 2. The van der Waals surface area contributed by atoms with Crippen molar-refractivity contribution in [2.75, 3.05) is 5.75 Å². The van der Waals surface area contributed by atoms with Gasteiger partial charge in [0.2, 0.25) is 10.0 Å². The number of hydrogen-bond acceptors (Lipinski definition) is 6. The van der Waals surface area contributed by atoms with Crippen molar-refractivity contribution in [2.24, 2.45) is 0 Å². The zero-order chi connectivity index (χ0) is 22.4. The van der Waals surface area contributed by atoms with Crippen molar-refractivity contribution >= 4 is 21.7 Å². The monoisotopic (exact) mass is 450 g/mol. The van der Waals surface area contributed by atoms with E-state index in [1.54, 1.807) is 12.1 Å². The van der Waals surface area contributed by atoms with Crippen molar-refractivity contribution < 1.29 is 28.0 Å². The van der Waals surface area contributed by atoms with Gasteiger partial charge in [-0.3, -0.25) is 19.6 Å². The summed E-state index contributed by atoms with van der Waals surface area (Å²) in [6.07, 6.45) is 7.16. The summed E-state index contributed by atoms with van der Waals surface area (Å²) < 4.78 is 33.9. The Balaban J connectivity index is 1.61. The van der Waals surface area contributed by atoms with Crippen LogP contribution in [0.4, 0.5) is 5.69 Å². The highest BCUT2D eigenvalue weighted by atomic mass is 32.2. The number of nitro groups is 1. The van der Waals surface area contributed by atoms with Crippen LogP contribution in [-0.2, 0) is 26.0 Å². The molecule has 0 aliphatic carbocycles. The van der Waals surface area contributed by atoms with Gasteiger partial charge in [0, 0.05) is 18.6 Å². The number of nitro benzene ring substituents is 1. The summed E-state index contributed by atoms with van der Waals surface area (Å²) in [5.41, 5.74) is 2.04. The molecule has 0 amide bonds. The van der Waals surface area contributed by atoms with Gasteiger partial charge in [-0.15, -0.1) is 0 Å². The van der Waals surface area contributed by atoms with Crippen LogP contribution in [0.2, 0.25) is 0 Å². The largest absolute Gasteiger partial charge is 0.481 e. The van der Waals surface area contributed by atoms with E-state index in [4.69, 9.17) is 9.84 Å². The summed E-state index contributed by atoms with van der Waals surface area (Å²) in [5.74, 6) is -1.01. The number of benzene rings is 1. The van der Waals surface area contributed by atoms with E-state index in [1.807, 2.05) is 12.2 Å². The van der Waals surface area contributed by atoms with E-state index in [1.165, 1.54) is 12.1 Å². The minimum atomic E-state index is -3.65. The number of carboxylic acid groups (broad SMARTS) is 1. The minimum absolute atomic E-state index is 0.0653. The van der Waals surface area contributed by atoms with Crippen LogP contribution in [0.5, 0.6) is 0 Å². The van der Waals surface area contributed by atoms with Crippen LogP contribution >= 0.6 is 0 Å². The van der Waals surface area contributed by atoms with Crippen molar-refractivity contribution in [3.05, 3.63) is 63.4 Å². The molecule has 2 unspecified atom stereocenters. The number of aliphatic carboxylic acids is 1. The number of unbranched alkanes of at least 4 members (excludes halogenated alkanes) is 1. The van der Waals surface area contributed by atoms with E-state index in [0.717, 1.165) is 18.4 Å². The molecule has 2 bridgehead atoms. The molecule has 1 aromatic carbocycles. The van der Waals surface area contributed by atoms with Gasteiger partial charge in [0.05, 0.1) is 28.6 Å². The van der Waals surface area contributed by atoms with Gasteiger partial charge in [-0.1, -0.05) is 24.3 Å². The van der Waals surface area contributed by atoms with Gasteiger partial charge in [-0.2, -0.15) is 0 Å². The lowest BCUT2D eigenvalue weighted by Crippen LogP contribution is -2.32. The highest BCUT2D eigenvalue weighted by Gasteiger charge is 2.41. The maximum Gasteiger partial charge on any atom is 0.303 e. The first kappa shape index (κ1) is 23.0. The van der Waals surface area contributed by atoms with Gasteiger partial charge < -0.3 is 9.84 Å². The molecule has 2 atom stereocenters. The van der Waals surface area contributed by atoms with E-state index in [0.29, 0.717) is 30.5 Å². The number of allylic oxidation sites excluding steroid dienone is 2. The summed E-state index contributed by atoms with van der Waals surface area (Å²) in [7, 11) is -3.65. The molecule has 2 N–H and O–H groups in total. The van der Waals surface area contributed by atoms with Gasteiger partial charge in [-0.05, 0) is 49.7 Å². The van der Waals surface area contributed by atoms with Crippen molar-refractivity contribution in [1.29, 1.82) is 0 Å². The molecule has 10 heteroatoms. The predicted octanol–water partition coefficient (Wildman–Crippen LogP) is 3.07. The first-order chi connectivity index (χ1) is 14.7. The molecular formula is C21H26N2O7S. The third-order valence-corrected chi connectivity index (χ3v) is 6.66. The number of hydrogen-bond donors (Lipinski definition) is 2. The smallest absolute Gasteiger partial charge is 0.303 e. The molecule has 168 valence electrons. The van der Waals surface area contributed by atoms with Crippen molar-refractivity contribution in [3.63, 3.8) is 0 Å². The van der Waals surface area contributed by atoms with Crippen LogP contribution < -0.4 is 4.72 Å². The average molecular weight is 451 g/mol. The molecule has 1 aromatic rings. The number of carbonyl (C=O) groups is 1. The first-order valence-corrected chi connectivity index (χ1v) is 11.9. The normalized spacial score (nSPS) is 20.5. The molecule has 2 aliphatic rings. The highest BCUT2D eigenvalue weighted by molar-refractivity contribution is 7.89. The number of ether oxygens (including phenoxy) is 1. The highest BCUT2D eigenvalue weighted by Crippen LogP contribution is 2.40. The quantitative estimate of drug-likeness (QED) is 0.216. The molecule has 2 heterocycles. The molecule has 2 aliphatic heterocycles. The number of sulfonamides is 1. The van der Waals surface area contributed by atoms with E-state index < -0.39 is 20.9 Å². The van der Waals surface area contributed by atoms with Gasteiger partial charge in [0.15, 0.2) is 0 Å². The van der Waals surface area contributed by atoms with Crippen LogP contribution in [0.25, 0.3) is 0 Å². The molecule has 0 radical (unpaired) electrons. The number of nitrogens with one attached hydrogen (secondary N) is 1. The summed E-state index contributed by atoms with van der Waals surface area (Å²) in [6, 6.07) is 5.97. The summed E-state index contributed by atoms with van der Waals surface area (Å²) in [5, 5.41) is 19.6. The fraction of sp³-hybridized carbons (Fsp3) is 0.476. The molecule has 3 rings (SSSR count).